The molecule has 0 saturated carbocycles. The molecule has 1 aromatic rings. The van der Waals surface area contributed by atoms with E-state index in [0.29, 0.717) is 8.95 Å². The molecule has 0 atom stereocenters. The molecule has 0 aliphatic carbocycles. The van der Waals surface area contributed by atoms with E-state index in [1.165, 1.54) is 12.1 Å². The van der Waals surface area contributed by atoms with Crippen molar-refractivity contribution in [2.75, 3.05) is 13.2 Å². The Morgan fingerprint density at radius 1 is 1.40 bits per heavy atom. The average molecular weight is 426 g/mol. The predicted octanol–water partition coefficient (Wildman–Crippen LogP) is 0.987. The maximum Gasteiger partial charge on any atom is 0.258 e. The third-order valence-electron chi connectivity index (χ3n) is 2.04. The molecule has 0 spiro atoms. The summed E-state index contributed by atoms with van der Waals surface area (Å²) >= 11 is 6.31. The Hall–Kier alpha value is -1.08. The van der Waals surface area contributed by atoms with Crippen LogP contribution in [-0.4, -0.2) is 27.5 Å². The molecule has 0 fully saturated rings. The molecular weight excluding hydrogens is 416 g/mol. The van der Waals surface area contributed by atoms with E-state index in [2.05, 4.69) is 43.1 Å². The van der Waals surface area contributed by atoms with E-state index in [4.69, 9.17) is 16.3 Å². The van der Waals surface area contributed by atoms with Crippen LogP contribution in [0.2, 0.25) is 0 Å². The van der Waals surface area contributed by atoms with Gasteiger partial charge in [0.25, 0.3) is 5.91 Å². The van der Waals surface area contributed by atoms with E-state index >= 15 is 0 Å². The molecule has 0 aliphatic rings. The minimum Gasteiger partial charge on any atom is -0.481 e. The van der Waals surface area contributed by atoms with Crippen molar-refractivity contribution in [2.45, 2.75) is 4.90 Å². The number of benzene rings is 1. The Kier molecular flexibility index (Phi) is 6.01. The van der Waals surface area contributed by atoms with Gasteiger partial charge in [0, 0.05) is 0 Å². The molecule has 108 valence electrons. The van der Waals surface area contributed by atoms with Gasteiger partial charge in [-0.3, -0.25) is 4.79 Å². The van der Waals surface area contributed by atoms with Gasteiger partial charge in [0.05, 0.1) is 20.4 Å². The van der Waals surface area contributed by atoms with Crippen molar-refractivity contribution in [3.63, 3.8) is 0 Å². The van der Waals surface area contributed by atoms with Gasteiger partial charge in [-0.25, -0.2) is 13.6 Å². The number of halogens is 2. The zero-order chi connectivity index (χ0) is 15.3. The summed E-state index contributed by atoms with van der Waals surface area (Å²) in [5.74, 6) is 2.15. The molecule has 0 heterocycles. The van der Waals surface area contributed by atoms with Gasteiger partial charge in [0.15, 0.2) is 6.61 Å². The summed E-state index contributed by atoms with van der Waals surface area (Å²) in [6.07, 6.45) is 5.00. The summed E-state index contributed by atoms with van der Waals surface area (Å²) in [4.78, 5) is 11.3. The number of sulfonamides is 1. The van der Waals surface area contributed by atoms with Gasteiger partial charge in [-0.05, 0) is 44.0 Å². The number of carbonyl (C=O) groups is 1. The fraction of sp³-hybridized carbons (Fsp3) is 0.182. The molecule has 9 heteroatoms. The number of ether oxygens (including phenoxy) is 1. The molecule has 1 rings (SSSR count). The van der Waals surface area contributed by atoms with E-state index < -0.39 is 15.9 Å². The molecule has 0 aliphatic heterocycles. The van der Waals surface area contributed by atoms with Crippen LogP contribution in [0.25, 0.3) is 0 Å². The zero-order valence-corrected chi connectivity index (χ0v) is 14.0. The van der Waals surface area contributed by atoms with Crippen molar-refractivity contribution in [3.8, 4) is 18.1 Å². The van der Waals surface area contributed by atoms with Crippen LogP contribution < -0.4 is 15.2 Å². The Morgan fingerprint density at radius 3 is 2.40 bits per heavy atom. The Balaban J connectivity index is 2.88. The van der Waals surface area contributed by atoms with Crippen LogP contribution >= 0.6 is 31.9 Å². The van der Waals surface area contributed by atoms with Crippen molar-refractivity contribution in [2.24, 2.45) is 5.14 Å². The van der Waals surface area contributed by atoms with E-state index in [1.807, 2.05) is 0 Å². The number of nitrogens with two attached hydrogens (primary N) is 1. The van der Waals surface area contributed by atoms with Crippen molar-refractivity contribution in [1.29, 1.82) is 0 Å². The van der Waals surface area contributed by atoms with Crippen molar-refractivity contribution in [1.82, 2.24) is 5.32 Å². The first-order valence-corrected chi connectivity index (χ1v) is 8.23. The first kappa shape index (κ1) is 17.0. The summed E-state index contributed by atoms with van der Waals surface area (Å²) < 4.78 is 28.5. The lowest BCUT2D eigenvalue weighted by molar-refractivity contribution is -0.122. The van der Waals surface area contributed by atoms with Gasteiger partial charge in [-0.2, -0.15) is 0 Å². The van der Waals surface area contributed by atoms with Gasteiger partial charge in [0.1, 0.15) is 5.75 Å². The van der Waals surface area contributed by atoms with Crippen LogP contribution in [0, 0.1) is 12.3 Å². The van der Waals surface area contributed by atoms with E-state index in [1.54, 1.807) is 0 Å². The number of hydrogen-bond acceptors (Lipinski definition) is 4. The van der Waals surface area contributed by atoms with Crippen LogP contribution in [0.15, 0.2) is 26.0 Å². The fourth-order valence-electron chi connectivity index (χ4n) is 1.18. The van der Waals surface area contributed by atoms with Crippen molar-refractivity contribution in [3.05, 3.63) is 21.1 Å². The minimum absolute atomic E-state index is 0.0830. The Bertz CT molecular complexity index is 644. The predicted molar refractivity (Wildman–Crippen MR) is 80.6 cm³/mol. The number of terminal acetylenes is 1. The van der Waals surface area contributed by atoms with Gasteiger partial charge >= 0.3 is 0 Å². The quantitative estimate of drug-likeness (QED) is 0.687. The first-order chi connectivity index (χ1) is 9.25. The lowest BCUT2D eigenvalue weighted by Gasteiger charge is -2.11. The summed E-state index contributed by atoms with van der Waals surface area (Å²) in [7, 11) is -3.82. The third-order valence-corrected chi connectivity index (χ3v) is 4.11. The summed E-state index contributed by atoms with van der Waals surface area (Å²) in [5, 5.41) is 7.46. The molecule has 6 nitrogen and oxygen atoms in total. The summed E-state index contributed by atoms with van der Waals surface area (Å²) in [5.41, 5.74) is 0. The molecular formula is C11H10Br2N2O4S. The molecule has 1 aromatic carbocycles. The normalized spacial score (nSPS) is 10.7. The van der Waals surface area contributed by atoms with Crippen LogP contribution in [0.3, 0.4) is 0 Å². The summed E-state index contributed by atoms with van der Waals surface area (Å²) in [6.45, 7) is -0.150. The smallest absolute Gasteiger partial charge is 0.258 e. The number of rotatable bonds is 5. The zero-order valence-electron chi connectivity index (χ0n) is 10.0. The molecule has 0 aromatic heterocycles. The highest BCUT2D eigenvalue weighted by Gasteiger charge is 2.16. The van der Waals surface area contributed by atoms with Crippen LogP contribution in [0.5, 0.6) is 5.75 Å². The average Bonchev–Trinajstić information content (AvgIpc) is 2.34. The molecule has 0 radical (unpaired) electrons. The first-order valence-electron chi connectivity index (χ1n) is 5.10. The monoisotopic (exact) mass is 424 g/mol. The van der Waals surface area contributed by atoms with Gasteiger partial charge in [-0.15, -0.1) is 6.42 Å². The largest absolute Gasteiger partial charge is 0.481 e. The second-order valence-corrected chi connectivity index (χ2v) is 6.80. The second-order valence-electron chi connectivity index (χ2n) is 3.53. The van der Waals surface area contributed by atoms with Gasteiger partial charge in [0.2, 0.25) is 10.0 Å². The molecule has 1 amide bonds. The minimum atomic E-state index is -3.82. The molecule has 20 heavy (non-hydrogen) atoms. The van der Waals surface area contributed by atoms with Crippen molar-refractivity contribution >= 4 is 47.8 Å². The van der Waals surface area contributed by atoms with Gasteiger partial charge < -0.3 is 10.1 Å². The second kappa shape index (κ2) is 7.08. The number of amides is 1. The van der Waals surface area contributed by atoms with Gasteiger partial charge in [-0.1, -0.05) is 5.92 Å². The van der Waals surface area contributed by atoms with E-state index in [0.717, 1.165) is 0 Å². The summed E-state index contributed by atoms with van der Waals surface area (Å²) in [6, 6.07) is 2.57. The van der Waals surface area contributed by atoms with E-state index in [-0.39, 0.29) is 23.8 Å². The molecule has 0 bridgehead atoms. The number of hydrogen-bond donors (Lipinski definition) is 2. The lowest BCUT2D eigenvalue weighted by Crippen LogP contribution is -2.29. The SMILES string of the molecule is C#CCNC(=O)COc1c(Br)cc(S(N)(=O)=O)cc1Br. The number of nitrogens with one attached hydrogen (secondary N) is 1. The maximum atomic E-state index is 11.3. The fourth-order valence-corrected chi connectivity index (χ4v) is 3.46. The van der Waals surface area contributed by atoms with Crippen molar-refractivity contribution < 1.29 is 17.9 Å². The molecule has 3 N–H and O–H groups in total. The Morgan fingerprint density at radius 2 is 1.95 bits per heavy atom. The highest BCUT2D eigenvalue weighted by molar-refractivity contribution is 9.11. The number of primary sulfonamides is 1. The van der Waals surface area contributed by atoms with Crippen LogP contribution in [-0.2, 0) is 14.8 Å². The molecule has 0 unspecified atom stereocenters. The maximum absolute atomic E-state index is 11.3. The topological polar surface area (TPSA) is 98.5 Å². The highest BCUT2D eigenvalue weighted by Crippen LogP contribution is 2.35. The van der Waals surface area contributed by atoms with Crippen LogP contribution in [0.1, 0.15) is 0 Å². The van der Waals surface area contributed by atoms with E-state index in [9.17, 15) is 13.2 Å². The lowest BCUT2D eigenvalue weighted by atomic mass is 10.3. The number of carbonyl (C=O) groups excluding carboxylic acids is 1. The molecule has 0 saturated heterocycles. The standard InChI is InChI=1S/C11H10Br2N2O4S/c1-2-3-15-10(16)6-19-11-8(12)4-7(5-9(11)13)20(14,17)18/h1,4-5H,3,6H2,(H,15,16)(H2,14,17,18). The third kappa shape index (κ3) is 4.79. The highest BCUT2D eigenvalue weighted by atomic mass is 79.9. The van der Waals surface area contributed by atoms with Crippen LogP contribution in [0.4, 0.5) is 0 Å². The Labute approximate surface area is 133 Å².